The molecule has 0 spiro atoms. The van der Waals surface area contributed by atoms with Gasteiger partial charge in [-0.1, -0.05) is 26.0 Å². The van der Waals surface area contributed by atoms with Gasteiger partial charge in [-0.3, -0.25) is 0 Å². The van der Waals surface area contributed by atoms with E-state index in [0.29, 0.717) is 6.42 Å². The summed E-state index contributed by atoms with van der Waals surface area (Å²) in [6, 6.07) is 3.61. The van der Waals surface area contributed by atoms with E-state index in [1.165, 1.54) is 12.1 Å². The van der Waals surface area contributed by atoms with Gasteiger partial charge in [0.15, 0.2) is 0 Å². The minimum atomic E-state index is -4.49. The quantitative estimate of drug-likeness (QED) is 0.804. The molecular weight excluding hydrogens is 231 g/mol. The lowest BCUT2D eigenvalue weighted by molar-refractivity contribution is -0.137. The SMILES string of the molecule is CC(C)CC(O)c1cccc(C(F)(F)F)c1N. The van der Waals surface area contributed by atoms with E-state index in [1.54, 1.807) is 0 Å². The maximum atomic E-state index is 12.6. The van der Waals surface area contributed by atoms with Crippen LogP contribution >= 0.6 is 0 Å². The minimum absolute atomic E-state index is 0.147. The third kappa shape index (κ3) is 3.36. The Balaban J connectivity index is 3.10. The van der Waals surface area contributed by atoms with Crippen LogP contribution in [0.25, 0.3) is 0 Å². The summed E-state index contributed by atoms with van der Waals surface area (Å²) in [5.41, 5.74) is 4.34. The van der Waals surface area contributed by atoms with Gasteiger partial charge in [0.1, 0.15) is 0 Å². The monoisotopic (exact) mass is 247 g/mol. The number of benzene rings is 1. The van der Waals surface area contributed by atoms with Gasteiger partial charge in [-0.2, -0.15) is 13.2 Å². The van der Waals surface area contributed by atoms with Gasteiger partial charge in [0, 0.05) is 11.3 Å². The Morgan fingerprint density at radius 2 is 1.88 bits per heavy atom. The second kappa shape index (κ2) is 4.96. The zero-order valence-electron chi connectivity index (χ0n) is 9.75. The first-order valence-corrected chi connectivity index (χ1v) is 5.37. The van der Waals surface area contributed by atoms with Gasteiger partial charge >= 0.3 is 6.18 Å². The standard InChI is InChI=1S/C12H16F3NO/c1-7(2)6-10(17)8-4-3-5-9(11(8)16)12(13,14)15/h3-5,7,10,17H,6,16H2,1-2H3. The van der Waals surface area contributed by atoms with Crippen molar-refractivity contribution in [3.63, 3.8) is 0 Å². The molecule has 0 saturated carbocycles. The lowest BCUT2D eigenvalue weighted by atomic mass is 9.96. The van der Waals surface area contributed by atoms with E-state index >= 15 is 0 Å². The van der Waals surface area contributed by atoms with E-state index in [1.807, 2.05) is 13.8 Å². The van der Waals surface area contributed by atoms with Crippen LogP contribution in [0.1, 0.15) is 37.5 Å². The molecule has 0 amide bonds. The highest BCUT2D eigenvalue weighted by molar-refractivity contribution is 5.56. The Kier molecular flexibility index (Phi) is 4.03. The molecule has 1 unspecified atom stereocenters. The van der Waals surface area contributed by atoms with Crippen LogP contribution in [-0.4, -0.2) is 5.11 Å². The number of alkyl halides is 3. The zero-order valence-corrected chi connectivity index (χ0v) is 9.75. The molecule has 1 rings (SSSR count). The number of hydrogen-bond acceptors (Lipinski definition) is 2. The van der Waals surface area contributed by atoms with E-state index < -0.39 is 17.8 Å². The number of aliphatic hydroxyl groups is 1. The topological polar surface area (TPSA) is 46.2 Å². The molecule has 17 heavy (non-hydrogen) atoms. The summed E-state index contributed by atoms with van der Waals surface area (Å²) in [6.07, 6.45) is -5.07. The van der Waals surface area contributed by atoms with Crippen LogP contribution in [0.15, 0.2) is 18.2 Å². The van der Waals surface area contributed by atoms with Crippen molar-refractivity contribution in [2.24, 2.45) is 5.92 Å². The van der Waals surface area contributed by atoms with E-state index in [-0.39, 0.29) is 17.2 Å². The van der Waals surface area contributed by atoms with Crippen molar-refractivity contribution in [2.45, 2.75) is 32.5 Å². The van der Waals surface area contributed by atoms with Gasteiger partial charge in [0.25, 0.3) is 0 Å². The van der Waals surface area contributed by atoms with Gasteiger partial charge in [-0.05, 0) is 18.4 Å². The van der Waals surface area contributed by atoms with Gasteiger partial charge in [0.2, 0.25) is 0 Å². The van der Waals surface area contributed by atoms with Crippen molar-refractivity contribution in [1.82, 2.24) is 0 Å². The van der Waals surface area contributed by atoms with Crippen LogP contribution < -0.4 is 5.73 Å². The van der Waals surface area contributed by atoms with Crippen molar-refractivity contribution < 1.29 is 18.3 Å². The third-order valence-electron chi connectivity index (χ3n) is 2.50. The molecule has 0 radical (unpaired) electrons. The summed E-state index contributed by atoms with van der Waals surface area (Å²) in [5, 5.41) is 9.81. The number of para-hydroxylation sites is 1. The van der Waals surface area contributed by atoms with E-state index in [9.17, 15) is 18.3 Å². The smallest absolute Gasteiger partial charge is 0.398 e. The molecule has 96 valence electrons. The molecule has 1 aromatic rings. The van der Waals surface area contributed by atoms with E-state index in [2.05, 4.69) is 0 Å². The molecule has 0 aromatic heterocycles. The average molecular weight is 247 g/mol. The van der Waals surface area contributed by atoms with Gasteiger partial charge in [-0.25, -0.2) is 0 Å². The first-order valence-electron chi connectivity index (χ1n) is 5.37. The third-order valence-corrected chi connectivity index (χ3v) is 2.50. The number of nitrogen functional groups attached to an aromatic ring is 1. The second-order valence-electron chi connectivity index (χ2n) is 4.45. The molecule has 5 heteroatoms. The highest BCUT2D eigenvalue weighted by Crippen LogP contribution is 2.37. The molecule has 0 aliphatic carbocycles. The Bertz CT molecular complexity index is 388. The summed E-state index contributed by atoms with van der Waals surface area (Å²) >= 11 is 0. The number of halogens is 3. The van der Waals surface area contributed by atoms with E-state index in [0.717, 1.165) is 6.07 Å². The Hall–Kier alpha value is -1.23. The van der Waals surface area contributed by atoms with Crippen LogP contribution in [0.3, 0.4) is 0 Å². The number of rotatable bonds is 3. The fourth-order valence-corrected chi connectivity index (χ4v) is 1.69. The summed E-state index contributed by atoms with van der Waals surface area (Å²) in [6.45, 7) is 3.76. The highest BCUT2D eigenvalue weighted by Gasteiger charge is 2.34. The maximum absolute atomic E-state index is 12.6. The number of aliphatic hydroxyl groups excluding tert-OH is 1. The van der Waals surface area contributed by atoms with Gasteiger partial charge < -0.3 is 10.8 Å². The molecule has 2 nitrogen and oxygen atoms in total. The van der Waals surface area contributed by atoms with Gasteiger partial charge in [0.05, 0.1) is 11.7 Å². The van der Waals surface area contributed by atoms with Crippen molar-refractivity contribution in [3.05, 3.63) is 29.3 Å². The Morgan fingerprint density at radius 3 is 2.35 bits per heavy atom. The highest BCUT2D eigenvalue weighted by atomic mass is 19.4. The largest absolute Gasteiger partial charge is 0.418 e. The lowest BCUT2D eigenvalue weighted by Crippen LogP contribution is -2.13. The van der Waals surface area contributed by atoms with Crippen LogP contribution in [0.4, 0.5) is 18.9 Å². The van der Waals surface area contributed by atoms with E-state index in [4.69, 9.17) is 5.73 Å². The van der Waals surface area contributed by atoms with Crippen molar-refractivity contribution in [1.29, 1.82) is 0 Å². The molecule has 0 aliphatic rings. The fourth-order valence-electron chi connectivity index (χ4n) is 1.69. The van der Waals surface area contributed by atoms with Gasteiger partial charge in [-0.15, -0.1) is 0 Å². The van der Waals surface area contributed by atoms with Crippen molar-refractivity contribution in [3.8, 4) is 0 Å². The number of anilines is 1. The second-order valence-corrected chi connectivity index (χ2v) is 4.45. The zero-order chi connectivity index (χ0) is 13.2. The first-order chi connectivity index (χ1) is 7.73. The summed E-state index contributed by atoms with van der Waals surface area (Å²) in [5.74, 6) is 0.180. The number of nitrogens with two attached hydrogens (primary N) is 1. The number of hydrogen-bond donors (Lipinski definition) is 2. The summed E-state index contributed by atoms with van der Waals surface area (Å²) in [7, 11) is 0. The predicted molar refractivity (Wildman–Crippen MR) is 60.3 cm³/mol. The van der Waals surface area contributed by atoms with Crippen LogP contribution in [-0.2, 0) is 6.18 Å². The molecule has 0 heterocycles. The van der Waals surface area contributed by atoms with Crippen LogP contribution in [0.5, 0.6) is 0 Å². The fraction of sp³-hybridized carbons (Fsp3) is 0.500. The molecular formula is C12H16F3NO. The molecule has 0 saturated heterocycles. The first kappa shape index (κ1) is 13.8. The maximum Gasteiger partial charge on any atom is 0.418 e. The molecule has 0 fully saturated rings. The summed E-state index contributed by atoms with van der Waals surface area (Å²) in [4.78, 5) is 0. The molecule has 0 bridgehead atoms. The van der Waals surface area contributed by atoms with Crippen LogP contribution in [0, 0.1) is 5.92 Å². The molecule has 1 aromatic carbocycles. The molecule has 0 aliphatic heterocycles. The lowest BCUT2D eigenvalue weighted by Gasteiger charge is -2.18. The average Bonchev–Trinajstić information content (AvgIpc) is 2.14. The van der Waals surface area contributed by atoms with Crippen LogP contribution in [0.2, 0.25) is 0 Å². The predicted octanol–water partition coefficient (Wildman–Crippen LogP) is 3.37. The Morgan fingerprint density at radius 1 is 1.29 bits per heavy atom. The minimum Gasteiger partial charge on any atom is -0.398 e. The van der Waals surface area contributed by atoms with Crippen molar-refractivity contribution >= 4 is 5.69 Å². The summed E-state index contributed by atoms with van der Waals surface area (Å²) < 4.78 is 37.8. The van der Waals surface area contributed by atoms with Crippen molar-refractivity contribution in [2.75, 3.05) is 5.73 Å². The molecule has 3 N–H and O–H groups in total. The molecule has 1 atom stereocenters. The Labute approximate surface area is 98.3 Å². The normalized spacial score (nSPS) is 14.1.